The molecule has 1 aromatic heterocycles. The molecule has 4 fully saturated rings. The lowest BCUT2D eigenvalue weighted by atomic mass is 9.75. The molecule has 7 rings (SSSR count). The Morgan fingerprint density at radius 3 is 2.70 bits per heavy atom. The van der Waals surface area contributed by atoms with E-state index in [2.05, 4.69) is 47.1 Å². The molecule has 0 unspecified atom stereocenters. The number of benzene rings is 1. The molecule has 0 N–H and O–H groups in total. The van der Waals surface area contributed by atoms with Crippen LogP contribution in [-0.2, 0) is 6.54 Å². The maximum Gasteiger partial charge on any atom is 0.231 e. The van der Waals surface area contributed by atoms with Crippen molar-refractivity contribution in [1.29, 1.82) is 0 Å². The van der Waals surface area contributed by atoms with Gasteiger partial charge in [0.05, 0.1) is 0 Å². The average molecular weight is 383 g/mol. The van der Waals surface area contributed by atoms with Crippen LogP contribution in [0, 0.1) is 12.8 Å². The van der Waals surface area contributed by atoms with Gasteiger partial charge in [0.2, 0.25) is 6.79 Å². The zero-order valence-corrected chi connectivity index (χ0v) is 16.6. The molecule has 4 saturated heterocycles. The van der Waals surface area contributed by atoms with Gasteiger partial charge in [0, 0.05) is 40.8 Å². The molecule has 4 nitrogen and oxygen atoms in total. The van der Waals surface area contributed by atoms with Gasteiger partial charge in [-0.15, -0.1) is 11.3 Å². The van der Waals surface area contributed by atoms with Crippen molar-refractivity contribution in [1.82, 2.24) is 9.80 Å². The van der Waals surface area contributed by atoms with E-state index >= 15 is 0 Å². The lowest BCUT2D eigenvalue weighted by Gasteiger charge is -2.51. The molecule has 2 bridgehead atoms. The first-order valence-corrected chi connectivity index (χ1v) is 11.0. The first kappa shape index (κ1) is 16.4. The number of piperidine rings is 3. The highest BCUT2D eigenvalue weighted by molar-refractivity contribution is 7.11. The number of nitrogens with zero attached hydrogens (tertiary/aromatic N) is 2. The summed E-state index contributed by atoms with van der Waals surface area (Å²) in [5.41, 5.74) is 1.42. The Morgan fingerprint density at radius 2 is 1.89 bits per heavy atom. The summed E-state index contributed by atoms with van der Waals surface area (Å²) in [6.07, 6.45) is 2.74. The van der Waals surface area contributed by atoms with Gasteiger partial charge < -0.3 is 9.47 Å². The molecule has 6 heterocycles. The van der Waals surface area contributed by atoms with E-state index in [9.17, 15) is 0 Å². The zero-order chi connectivity index (χ0) is 18.0. The first-order chi connectivity index (χ1) is 13.3. The van der Waals surface area contributed by atoms with E-state index in [0.717, 1.165) is 30.5 Å². The largest absolute Gasteiger partial charge is 0.454 e. The maximum absolute atomic E-state index is 5.67. The van der Waals surface area contributed by atoms with Crippen molar-refractivity contribution in [3.05, 3.63) is 45.6 Å². The van der Waals surface area contributed by atoms with Gasteiger partial charge in [0.15, 0.2) is 11.5 Å². The average Bonchev–Trinajstić information content (AvgIpc) is 3.42. The lowest BCUT2D eigenvalue weighted by Crippen LogP contribution is -2.59. The van der Waals surface area contributed by atoms with E-state index in [1.807, 2.05) is 11.3 Å². The van der Waals surface area contributed by atoms with Crippen molar-refractivity contribution in [3.8, 4) is 11.5 Å². The second-order valence-corrected chi connectivity index (χ2v) is 9.89. The van der Waals surface area contributed by atoms with Crippen LogP contribution >= 0.6 is 11.3 Å². The number of aryl methyl sites for hydroxylation is 1. The Hall–Kier alpha value is -1.56. The van der Waals surface area contributed by atoms with Crippen LogP contribution in [-0.4, -0.2) is 48.3 Å². The fourth-order valence-corrected chi connectivity index (χ4v) is 6.85. The molecule has 0 amide bonds. The van der Waals surface area contributed by atoms with Crippen LogP contribution in [0.4, 0.5) is 0 Å². The summed E-state index contributed by atoms with van der Waals surface area (Å²) in [5.74, 6) is 3.24. The Morgan fingerprint density at radius 1 is 1.04 bits per heavy atom. The van der Waals surface area contributed by atoms with Gasteiger partial charge in [0.25, 0.3) is 0 Å². The SMILES string of the molecule is Cc1ccc(CN2C[C@H](c3ccc4c(c3)OCO4)[C@H]3[C@@H]2C2CCN3CC2)s1. The van der Waals surface area contributed by atoms with Gasteiger partial charge in [-0.25, -0.2) is 0 Å². The van der Waals surface area contributed by atoms with Gasteiger partial charge in [-0.2, -0.15) is 0 Å². The van der Waals surface area contributed by atoms with Gasteiger partial charge in [-0.05, 0) is 68.6 Å². The van der Waals surface area contributed by atoms with E-state index in [0.29, 0.717) is 24.8 Å². The summed E-state index contributed by atoms with van der Waals surface area (Å²) >= 11 is 1.96. The third kappa shape index (κ3) is 2.63. The summed E-state index contributed by atoms with van der Waals surface area (Å²) in [6, 6.07) is 12.6. The number of likely N-dealkylation sites (tertiary alicyclic amines) is 1. The molecule has 0 aliphatic carbocycles. The molecule has 2 aromatic rings. The number of fused-ring (bicyclic) bond motifs is 3. The topological polar surface area (TPSA) is 24.9 Å². The second-order valence-electron chi connectivity index (χ2n) is 8.52. The van der Waals surface area contributed by atoms with Crippen LogP contribution in [0.5, 0.6) is 11.5 Å². The van der Waals surface area contributed by atoms with E-state index in [4.69, 9.17) is 9.47 Å². The van der Waals surface area contributed by atoms with Crippen molar-refractivity contribution in [2.45, 2.75) is 44.3 Å². The van der Waals surface area contributed by atoms with Crippen molar-refractivity contribution < 1.29 is 9.47 Å². The highest BCUT2D eigenvalue weighted by atomic mass is 32.1. The molecule has 3 atom stereocenters. The van der Waals surface area contributed by atoms with Gasteiger partial charge in [0.1, 0.15) is 0 Å². The van der Waals surface area contributed by atoms with Crippen LogP contribution in [0.15, 0.2) is 30.3 Å². The molecule has 5 aliphatic heterocycles. The molecule has 5 heteroatoms. The zero-order valence-electron chi connectivity index (χ0n) is 15.8. The summed E-state index contributed by atoms with van der Waals surface area (Å²) < 4.78 is 11.2. The minimum Gasteiger partial charge on any atom is -0.454 e. The minimum atomic E-state index is 0.355. The Kier molecular flexibility index (Phi) is 3.78. The number of ether oxygens (including phenoxy) is 2. The lowest BCUT2D eigenvalue weighted by molar-refractivity contribution is -0.00845. The first-order valence-electron chi connectivity index (χ1n) is 10.2. The molecular weight excluding hydrogens is 356 g/mol. The monoisotopic (exact) mass is 382 g/mol. The van der Waals surface area contributed by atoms with Gasteiger partial charge in [-0.3, -0.25) is 9.80 Å². The van der Waals surface area contributed by atoms with E-state index < -0.39 is 0 Å². The van der Waals surface area contributed by atoms with E-state index in [1.54, 1.807) is 0 Å². The van der Waals surface area contributed by atoms with E-state index in [-0.39, 0.29) is 0 Å². The smallest absolute Gasteiger partial charge is 0.231 e. The van der Waals surface area contributed by atoms with E-state index in [1.165, 1.54) is 41.2 Å². The number of thiophene rings is 1. The van der Waals surface area contributed by atoms with Crippen LogP contribution in [0.3, 0.4) is 0 Å². The highest BCUT2D eigenvalue weighted by Crippen LogP contribution is 2.48. The molecule has 0 spiro atoms. The molecule has 5 aliphatic rings. The molecular formula is C22H26N2O2S. The molecule has 1 aromatic carbocycles. The summed E-state index contributed by atoms with van der Waals surface area (Å²) in [6.45, 7) is 7.37. The number of hydrogen-bond donors (Lipinski definition) is 0. The molecule has 0 saturated carbocycles. The Bertz CT molecular complexity index is 858. The Labute approximate surface area is 164 Å². The standard InChI is InChI=1S/C22H26N2O2S/c1-14-2-4-17(27-14)11-24-12-18(16-3-5-19-20(10-16)26-13-25-19)22-21(24)15-6-8-23(22)9-7-15/h2-5,10,15,18,21-22H,6-9,11-13H2,1H3/t18-,21+,22+/m1/s1. The van der Waals surface area contributed by atoms with Crippen molar-refractivity contribution >= 4 is 11.3 Å². The second kappa shape index (κ2) is 6.23. The minimum absolute atomic E-state index is 0.355. The van der Waals surface area contributed by atoms with Crippen LogP contribution in [0.1, 0.15) is 34.1 Å². The van der Waals surface area contributed by atoms with Gasteiger partial charge in [-0.1, -0.05) is 6.07 Å². The predicted octanol–water partition coefficient (Wildman–Crippen LogP) is 3.85. The van der Waals surface area contributed by atoms with Crippen LogP contribution < -0.4 is 9.47 Å². The Balaban J connectivity index is 1.34. The highest BCUT2D eigenvalue weighted by Gasteiger charge is 2.53. The third-order valence-electron chi connectivity index (χ3n) is 7.07. The molecule has 0 radical (unpaired) electrons. The van der Waals surface area contributed by atoms with Crippen LogP contribution in [0.2, 0.25) is 0 Å². The van der Waals surface area contributed by atoms with Crippen molar-refractivity contribution in [2.75, 3.05) is 26.4 Å². The van der Waals surface area contributed by atoms with Crippen molar-refractivity contribution in [3.63, 3.8) is 0 Å². The fraction of sp³-hybridized carbons (Fsp3) is 0.545. The van der Waals surface area contributed by atoms with Gasteiger partial charge >= 0.3 is 0 Å². The van der Waals surface area contributed by atoms with Crippen molar-refractivity contribution in [2.24, 2.45) is 5.92 Å². The molecule has 142 valence electrons. The predicted molar refractivity (Wildman–Crippen MR) is 107 cm³/mol. The summed E-state index contributed by atoms with van der Waals surface area (Å²) in [5, 5.41) is 0. The fourth-order valence-electron chi connectivity index (χ4n) is 5.93. The quantitative estimate of drug-likeness (QED) is 0.805. The summed E-state index contributed by atoms with van der Waals surface area (Å²) in [4.78, 5) is 8.50. The van der Waals surface area contributed by atoms with Crippen LogP contribution in [0.25, 0.3) is 0 Å². The maximum atomic E-state index is 5.67. The number of hydrogen-bond acceptors (Lipinski definition) is 5. The number of rotatable bonds is 3. The normalized spacial score (nSPS) is 34.2. The molecule has 27 heavy (non-hydrogen) atoms. The third-order valence-corrected chi connectivity index (χ3v) is 8.06. The summed E-state index contributed by atoms with van der Waals surface area (Å²) in [7, 11) is 0.